The standard InChI is InChI=1S/C18H20N2O2S/c1-3-20(10-11-22-2)18(21)13-8-9-15-17(12-13)23-16-7-5-4-6-14(16)19-15/h4-9,12,19H,3,10-11H2,1-2H3. The molecule has 0 spiro atoms. The zero-order valence-corrected chi connectivity index (χ0v) is 14.2. The van der Waals surface area contributed by atoms with Crippen LogP contribution in [-0.4, -0.2) is 37.6 Å². The molecule has 0 saturated carbocycles. The Kier molecular flexibility index (Phi) is 4.88. The molecular weight excluding hydrogens is 308 g/mol. The van der Waals surface area contributed by atoms with Gasteiger partial charge in [0.15, 0.2) is 0 Å². The first-order valence-electron chi connectivity index (χ1n) is 7.69. The summed E-state index contributed by atoms with van der Waals surface area (Å²) in [5.74, 6) is 0.0480. The van der Waals surface area contributed by atoms with Gasteiger partial charge in [0, 0.05) is 35.6 Å². The molecule has 2 aromatic rings. The number of rotatable bonds is 5. The van der Waals surface area contributed by atoms with Crippen LogP contribution in [0.1, 0.15) is 17.3 Å². The van der Waals surface area contributed by atoms with E-state index in [9.17, 15) is 4.79 Å². The molecular formula is C18H20N2O2S. The summed E-state index contributed by atoms with van der Waals surface area (Å²) in [7, 11) is 1.65. The Bertz CT molecular complexity index is 718. The lowest BCUT2D eigenvalue weighted by Crippen LogP contribution is -2.33. The van der Waals surface area contributed by atoms with Gasteiger partial charge in [-0.25, -0.2) is 0 Å². The summed E-state index contributed by atoms with van der Waals surface area (Å²) in [5.41, 5.74) is 2.87. The maximum Gasteiger partial charge on any atom is 0.253 e. The van der Waals surface area contributed by atoms with Crippen molar-refractivity contribution < 1.29 is 9.53 Å². The molecule has 5 heteroatoms. The predicted octanol–water partition coefficient (Wildman–Crippen LogP) is 4.00. The highest BCUT2D eigenvalue weighted by molar-refractivity contribution is 7.99. The molecule has 0 bridgehead atoms. The van der Waals surface area contributed by atoms with Crippen LogP contribution in [0.25, 0.3) is 0 Å². The summed E-state index contributed by atoms with van der Waals surface area (Å²) in [6, 6.07) is 14.0. The number of benzene rings is 2. The molecule has 2 aromatic carbocycles. The van der Waals surface area contributed by atoms with Gasteiger partial charge in [-0.2, -0.15) is 0 Å². The first-order chi connectivity index (χ1) is 11.2. The number of hydrogen-bond donors (Lipinski definition) is 1. The van der Waals surface area contributed by atoms with E-state index in [2.05, 4.69) is 17.4 Å². The van der Waals surface area contributed by atoms with Gasteiger partial charge in [-0.05, 0) is 37.3 Å². The lowest BCUT2D eigenvalue weighted by atomic mass is 10.1. The third-order valence-corrected chi connectivity index (χ3v) is 4.97. The molecule has 0 saturated heterocycles. The number of anilines is 2. The number of nitrogens with zero attached hydrogens (tertiary/aromatic N) is 1. The fourth-order valence-electron chi connectivity index (χ4n) is 2.55. The molecule has 1 aliphatic rings. The third kappa shape index (κ3) is 3.35. The molecule has 0 atom stereocenters. The van der Waals surface area contributed by atoms with Gasteiger partial charge in [-0.1, -0.05) is 23.9 Å². The summed E-state index contributed by atoms with van der Waals surface area (Å²) in [6.07, 6.45) is 0. The van der Waals surface area contributed by atoms with E-state index in [-0.39, 0.29) is 5.91 Å². The number of likely N-dealkylation sites (N-methyl/N-ethyl adjacent to an activating group) is 1. The van der Waals surface area contributed by atoms with Crippen LogP contribution in [-0.2, 0) is 4.74 Å². The van der Waals surface area contributed by atoms with Gasteiger partial charge >= 0.3 is 0 Å². The summed E-state index contributed by atoms with van der Waals surface area (Å²) in [5, 5.41) is 3.42. The maximum atomic E-state index is 12.7. The Hall–Kier alpha value is -1.98. The van der Waals surface area contributed by atoms with E-state index in [1.54, 1.807) is 23.8 Å². The zero-order valence-electron chi connectivity index (χ0n) is 13.3. The molecule has 0 aromatic heterocycles. The van der Waals surface area contributed by atoms with E-state index in [1.807, 2.05) is 37.3 Å². The van der Waals surface area contributed by atoms with Gasteiger partial charge in [-0.15, -0.1) is 0 Å². The van der Waals surface area contributed by atoms with Gasteiger partial charge in [0.1, 0.15) is 0 Å². The van der Waals surface area contributed by atoms with Gasteiger partial charge in [0.05, 0.1) is 18.0 Å². The summed E-state index contributed by atoms with van der Waals surface area (Å²) in [4.78, 5) is 16.7. The second-order valence-electron chi connectivity index (χ2n) is 5.31. The fraction of sp³-hybridized carbons (Fsp3) is 0.278. The number of hydrogen-bond acceptors (Lipinski definition) is 4. The van der Waals surface area contributed by atoms with Crippen LogP contribution in [0.2, 0.25) is 0 Å². The van der Waals surface area contributed by atoms with Crippen LogP contribution in [0, 0.1) is 0 Å². The minimum atomic E-state index is 0.0480. The minimum Gasteiger partial charge on any atom is -0.383 e. The Balaban J connectivity index is 1.83. The topological polar surface area (TPSA) is 41.6 Å². The Morgan fingerprint density at radius 2 is 1.96 bits per heavy atom. The third-order valence-electron chi connectivity index (χ3n) is 3.84. The van der Waals surface area contributed by atoms with Crippen molar-refractivity contribution in [2.45, 2.75) is 16.7 Å². The number of carbonyl (C=O) groups is 1. The number of fused-ring (bicyclic) bond motifs is 2. The number of carbonyl (C=O) groups excluding carboxylic acids is 1. The highest BCUT2D eigenvalue weighted by atomic mass is 32.2. The smallest absolute Gasteiger partial charge is 0.253 e. The maximum absolute atomic E-state index is 12.7. The van der Waals surface area contributed by atoms with Crippen molar-refractivity contribution >= 4 is 29.0 Å². The van der Waals surface area contributed by atoms with E-state index in [0.717, 1.165) is 21.8 Å². The van der Waals surface area contributed by atoms with Crippen molar-refractivity contribution in [2.24, 2.45) is 0 Å². The van der Waals surface area contributed by atoms with Crippen LogP contribution >= 0.6 is 11.8 Å². The molecule has 1 aliphatic heterocycles. The van der Waals surface area contributed by atoms with E-state index < -0.39 is 0 Å². The average molecular weight is 328 g/mol. The summed E-state index contributed by atoms with van der Waals surface area (Å²) in [6.45, 7) is 3.82. The molecule has 0 radical (unpaired) electrons. The fourth-order valence-corrected chi connectivity index (χ4v) is 3.58. The molecule has 0 aliphatic carbocycles. The van der Waals surface area contributed by atoms with Crippen molar-refractivity contribution in [3.63, 3.8) is 0 Å². The molecule has 23 heavy (non-hydrogen) atoms. The highest BCUT2D eigenvalue weighted by Crippen LogP contribution is 2.44. The lowest BCUT2D eigenvalue weighted by molar-refractivity contribution is 0.0706. The summed E-state index contributed by atoms with van der Waals surface area (Å²) >= 11 is 1.69. The van der Waals surface area contributed by atoms with E-state index in [4.69, 9.17) is 4.74 Å². The number of para-hydroxylation sites is 1. The zero-order chi connectivity index (χ0) is 16.2. The van der Waals surface area contributed by atoms with E-state index in [0.29, 0.717) is 19.7 Å². The molecule has 3 rings (SSSR count). The van der Waals surface area contributed by atoms with Gasteiger partial charge in [0.2, 0.25) is 0 Å². The van der Waals surface area contributed by atoms with Gasteiger partial charge < -0.3 is 15.0 Å². The molecule has 1 N–H and O–H groups in total. The first kappa shape index (κ1) is 15.9. The lowest BCUT2D eigenvalue weighted by Gasteiger charge is -2.23. The number of amides is 1. The molecule has 0 fully saturated rings. The van der Waals surface area contributed by atoms with Crippen LogP contribution in [0.3, 0.4) is 0 Å². The largest absolute Gasteiger partial charge is 0.383 e. The van der Waals surface area contributed by atoms with Gasteiger partial charge in [-0.3, -0.25) is 4.79 Å². The van der Waals surface area contributed by atoms with Crippen LogP contribution < -0.4 is 5.32 Å². The average Bonchev–Trinajstić information content (AvgIpc) is 2.59. The Morgan fingerprint density at radius 3 is 2.74 bits per heavy atom. The minimum absolute atomic E-state index is 0.0480. The monoisotopic (exact) mass is 328 g/mol. The van der Waals surface area contributed by atoms with E-state index in [1.165, 1.54) is 4.90 Å². The Morgan fingerprint density at radius 1 is 1.17 bits per heavy atom. The van der Waals surface area contributed by atoms with Crippen LogP contribution in [0.15, 0.2) is 52.3 Å². The van der Waals surface area contributed by atoms with Crippen molar-refractivity contribution in [3.05, 3.63) is 48.0 Å². The number of methoxy groups -OCH3 is 1. The van der Waals surface area contributed by atoms with Crippen molar-refractivity contribution in [1.29, 1.82) is 0 Å². The normalized spacial score (nSPS) is 12.1. The predicted molar refractivity (Wildman–Crippen MR) is 93.7 cm³/mol. The molecule has 0 unspecified atom stereocenters. The highest BCUT2D eigenvalue weighted by Gasteiger charge is 2.19. The summed E-state index contributed by atoms with van der Waals surface area (Å²) < 4.78 is 5.08. The van der Waals surface area contributed by atoms with Crippen molar-refractivity contribution in [1.82, 2.24) is 4.90 Å². The van der Waals surface area contributed by atoms with Crippen molar-refractivity contribution in [2.75, 3.05) is 32.1 Å². The van der Waals surface area contributed by atoms with Crippen molar-refractivity contribution in [3.8, 4) is 0 Å². The van der Waals surface area contributed by atoms with E-state index >= 15 is 0 Å². The van der Waals surface area contributed by atoms with Crippen LogP contribution in [0.5, 0.6) is 0 Å². The second-order valence-corrected chi connectivity index (χ2v) is 6.40. The second kappa shape index (κ2) is 7.06. The quantitative estimate of drug-likeness (QED) is 0.768. The molecule has 4 nitrogen and oxygen atoms in total. The van der Waals surface area contributed by atoms with Crippen LogP contribution in [0.4, 0.5) is 11.4 Å². The Labute approximate surface area is 140 Å². The molecule has 1 heterocycles. The molecule has 1 amide bonds. The number of ether oxygens (including phenoxy) is 1. The SMILES string of the molecule is CCN(CCOC)C(=O)c1ccc2c(c1)Sc1ccccc1N2. The van der Waals surface area contributed by atoms with Gasteiger partial charge in [0.25, 0.3) is 5.91 Å². The first-order valence-corrected chi connectivity index (χ1v) is 8.50. The number of nitrogens with one attached hydrogen (secondary N) is 1. The molecule has 120 valence electrons.